The van der Waals surface area contributed by atoms with E-state index >= 15 is 0 Å². The van der Waals surface area contributed by atoms with Gasteiger partial charge in [-0.25, -0.2) is 0 Å². The molecule has 4 unspecified atom stereocenters. The molecule has 154 valence electrons. The van der Waals surface area contributed by atoms with Crippen LogP contribution in [0.4, 0.5) is 0 Å². The Morgan fingerprint density at radius 2 is 1.96 bits per heavy atom. The number of hydrogen-bond acceptors (Lipinski definition) is 5. The quantitative estimate of drug-likeness (QED) is 0.555. The van der Waals surface area contributed by atoms with E-state index in [1.165, 1.54) is 30.4 Å². The number of hydrogen-bond donors (Lipinski definition) is 0. The van der Waals surface area contributed by atoms with E-state index in [4.69, 9.17) is 13.6 Å². The minimum absolute atomic E-state index is 0.0567. The Labute approximate surface area is 169 Å². The van der Waals surface area contributed by atoms with Gasteiger partial charge in [-0.2, -0.15) is 8.42 Å². The maximum Gasteiger partial charge on any atom is 0.309 e. The topological polar surface area (TPSA) is 61.8 Å². The van der Waals surface area contributed by atoms with Gasteiger partial charge in [0.1, 0.15) is 0 Å². The van der Waals surface area contributed by atoms with Crippen molar-refractivity contribution in [2.45, 2.75) is 64.4 Å². The Hall–Kier alpha value is -1.21. The molecule has 4 rings (SSSR count). The molecule has 2 fully saturated rings. The number of methoxy groups -OCH3 is 1. The minimum atomic E-state index is -3.58. The van der Waals surface area contributed by atoms with E-state index in [1.54, 1.807) is 14.0 Å². The van der Waals surface area contributed by atoms with E-state index in [1.807, 2.05) is 20.2 Å². The molecule has 3 aliphatic carbocycles. The molecule has 0 N–H and O–H groups in total. The van der Waals surface area contributed by atoms with Gasteiger partial charge in [-0.15, -0.1) is 0 Å². The summed E-state index contributed by atoms with van der Waals surface area (Å²) in [5.74, 6) is 2.67. The molecule has 2 saturated carbocycles. The SMILES string of the molecule is BOC1CCC2C3CCc4cc(OS(=O)(=O)CC)c(OC)cc4C3CC[C@]12C. The first kappa shape index (κ1) is 20.1. The van der Waals surface area contributed by atoms with Gasteiger partial charge < -0.3 is 13.6 Å². The van der Waals surface area contributed by atoms with Crippen LogP contribution >= 0.6 is 0 Å². The average molecular weight is 406 g/mol. The van der Waals surface area contributed by atoms with Gasteiger partial charge in [-0.05, 0) is 91.9 Å². The largest absolute Gasteiger partial charge is 0.493 e. The summed E-state index contributed by atoms with van der Waals surface area (Å²) in [6, 6.07) is 3.94. The van der Waals surface area contributed by atoms with Gasteiger partial charge >= 0.3 is 10.1 Å². The van der Waals surface area contributed by atoms with Gasteiger partial charge in [-0.3, -0.25) is 0 Å². The third-order valence-corrected chi connectivity index (χ3v) is 8.92. The molecule has 0 radical (unpaired) electrons. The van der Waals surface area contributed by atoms with Crippen LogP contribution in [-0.2, 0) is 21.2 Å². The van der Waals surface area contributed by atoms with Crippen LogP contribution < -0.4 is 8.92 Å². The summed E-state index contributed by atoms with van der Waals surface area (Å²) in [5.41, 5.74) is 2.83. The standard InChI is InChI=1S/C21H31BO5S/c1-4-28(23,24)27-19-11-13-5-6-15-14(16(13)12-18(19)25-3)9-10-21(2)17(15)7-8-20(21)26-22/h11-12,14-15,17,20H,4-10,22H2,1-3H3/t14?,15?,17?,20?,21-/m0/s1. The molecule has 1 aromatic rings. The molecular weight excluding hydrogens is 375 g/mol. The second-order valence-corrected chi connectivity index (χ2v) is 10.8. The van der Waals surface area contributed by atoms with Crippen LogP contribution in [0.2, 0.25) is 0 Å². The molecule has 1 aromatic carbocycles. The van der Waals surface area contributed by atoms with Crippen molar-refractivity contribution in [3.63, 3.8) is 0 Å². The lowest BCUT2D eigenvalue weighted by molar-refractivity contribution is -0.00764. The predicted molar refractivity (Wildman–Crippen MR) is 111 cm³/mol. The maximum atomic E-state index is 12.0. The fourth-order valence-electron chi connectivity index (χ4n) is 6.34. The number of rotatable bonds is 5. The number of fused-ring (bicyclic) bond motifs is 5. The molecule has 0 saturated heterocycles. The van der Waals surface area contributed by atoms with Crippen molar-refractivity contribution < 1.29 is 22.0 Å². The van der Waals surface area contributed by atoms with Gasteiger partial charge in [0.05, 0.1) is 12.9 Å². The van der Waals surface area contributed by atoms with E-state index in [0.717, 1.165) is 19.3 Å². The van der Waals surface area contributed by atoms with Crippen molar-refractivity contribution in [1.29, 1.82) is 0 Å². The van der Waals surface area contributed by atoms with Crippen LogP contribution in [0.1, 0.15) is 63.0 Å². The molecule has 5 atom stereocenters. The fraction of sp³-hybridized carbons (Fsp3) is 0.714. The zero-order valence-electron chi connectivity index (χ0n) is 17.4. The Balaban J connectivity index is 1.67. The highest BCUT2D eigenvalue weighted by molar-refractivity contribution is 7.87. The molecule has 0 spiro atoms. The molecule has 0 heterocycles. The first-order chi connectivity index (χ1) is 13.3. The molecule has 7 heteroatoms. The van der Waals surface area contributed by atoms with Crippen LogP contribution in [0.15, 0.2) is 12.1 Å². The van der Waals surface area contributed by atoms with E-state index in [-0.39, 0.29) is 11.2 Å². The van der Waals surface area contributed by atoms with Gasteiger partial charge in [0.25, 0.3) is 8.05 Å². The van der Waals surface area contributed by atoms with Gasteiger partial charge in [0, 0.05) is 6.10 Å². The van der Waals surface area contributed by atoms with Crippen molar-refractivity contribution in [3.05, 3.63) is 23.3 Å². The number of aryl methyl sites for hydroxylation is 1. The predicted octanol–water partition coefficient (Wildman–Crippen LogP) is 3.21. The van der Waals surface area contributed by atoms with Crippen LogP contribution in [-0.4, -0.2) is 35.4 Å². The Kier molecular flexibility index (Phi) is 5.19. The normalized spacial score (nSPS) is 34.2. The van der Waals surface area contributed by atoms with Crippen LogP contribution in [0.5, 0.6) is 11.5 Å². The molecule has 0 bridgehead atoms. The van der Waals surface area contributed by atoms with Crippen LogP contribution in [0, 0.1) is 17.3 Å². The highest BCUT2D eigenvalue weighted by atomic mass is 32.2. The van der Waals surface area contributed by atoms with E-state index in [0.29, 0.717) is 35.4 Å². The summed E-state index contributed by atoms with van der Waals surface area (Å²) < 4.78 is 40.6. The van der Waals surface area contributed by atoms with E-state index in [9.17, 15) is 8.42 Å². The lowest BCUT2D eigenvalue weighted by Gasteiger charge is -2.50. The summed E-state index contributed by atoms with van der Waals surface area (Å²) in [6.07, 6.45) is 7.25. The highest BCUT2D eigenvalue weighted by Crippen LogP contribution is 2.61. The van der Waals surface area contributed by atoms with Gasteiger partial charge in [0.15, 0.2) is 11.5 Å². The van der Waals surface area contributed by atoms with E-state index in [2.05, 4.69) is 6.92 Å². The Morgan fingerprint density at radius 1 is 1.18 bits per heavy atom. The molecular formula is C21H31BO5S. The third-order valence-electron chi connectivity index (χ3n) is 7.78. The lowest BCUT2D eigenvalue weighted by atomic mass is 9.55. The Morgan fingerprint density at radius 3 is 2.64 bits per heavy atom. The summed E-state index contributed by atoms with van der Waals surface area (Å²) in [6.45, 7) is 4.01. The molecule has 0 amide bonds. The smallest absolute Gasteiger partial charge is 0.309 e. The second kappa shape index (κ2) is 7.24. The average Bonchev–Trinajstić information content (AvgIpc) is 3.03. The lowest BCUT2D eigenvalue weighted by Crippen LogP contribution is -2.44. The summed E-state index contributed by atoms with van der Waals surface area (Å²) in [5, 5.41) is 0. The summed E-state index contributed by atoms with van der Waals surface area (Å²) in [4.78, 5) is 0. The van der Waals surface area contributed by atoms with Crippen molar-refractivity contribution in [2.75, 3.05) is 12.9 Å². The number of benzene rings is 1. The van der Waals surface area contributed by atoms with Crippen molar-refractivity contribution in [1.82, 2.24) is 0 Å². The first-order valence-electron chi connectivity index (χ1n) is 10.5. The molecule has 3 aliphatic rings. The van der Waals surface area contributed by atoms with E-state index < -0.39 is 10.1 Å². The van der Waals surface area contributed by atoms with Crippen LogP contribution in [0.25, 0.3) is 0 Å². The molecule has 28 heavy (non-hydrogen) atoms. The molecule has 0 aliphatic heterocycles. The minimum Gasteiger partial charge on any atom is -0.493 e. The highest BCUT2D eigenvalue weighted by Gasteiger charge is 2.54. The van der Waals surface area contributed by atoms with Crippen molar-refractivity contribution in [2.24, 2.45) is 17.3 Å². The van der Waals surface area contributed by atoms with Gasteiger partial charge in [-0.1, -0.05) is 6.92 Å². The zero-order chi connectivity index (χ0) is 20.1. The third kappa shape index (κ3) is 3.15. The maximum absolute atomic E-state index is 12.0. The first-order valence-corrected chi connectivity index (χ1v) is 12.1. The summed E-state index contributed by atoms with van der Waals surface area (Å²) >= 11 is 0. The second-order valence-electron chi connectivity index (χ2n) is 8.89. The Bertz CT molecular complexity index is 855. The summed E-state index contributed by atoms with van der Waals surface area (Å²) in [7, 11) is -0.144. The van der Waals surface area contributed by atoms with Gasteiger partial charge in [0.2, 0.25) is 0 Å². The molecule has 5 nitrogen and oxygen atoms in total. The van der Waals surface area contributed by atoms with Crippen molar-refractivity contribution >= 4 is 18.2 Å². The monoisotopic (exact) mass is 406 g/mol. The zero-order valence-corrected chi connectivity index (χ0v) is 18.2. The van der Waals surface area contributed by atoms with Crippen molar-refractivity contribution in [3.8, 4) is 11.5 Å². The fourth-order valence-corrected chi connectivity index (χ4v) is 6.86. The van der Waals surface area contributed by atoms with Crippen LogP contribution in [0.3, 0.4) is 0 Å². The molecule has 0 aromatic heterocycles. The number of ether oxygens (including phenoxy) is 1.